The van der Waals surface area contributed by atoms with Crippen LogP contribution in [0, 0.1) is 5.41 Å². The quantitative estimate of drug-likeness (QED) is 0.637. The first-order valence-corrected chi connectivity index (χ1v) is 10.3. The van der Waals surface area contributed by atoms with E-state index < -0.39 is 5.92 Å². The maximum absolute atomic E-state index is 13.5. The first kappa shape index (κ1) is 17.8. The third kappa shape index (κ3) is 3.13. The number of fused-ring (bicyclic) bond motifs is 1. The molecule has 2 aliphatic heterocycles. The van der Waals surface area contributed by atoms with Gasteiger partial charge in [0.05, 0.1) is 23.2 Å². The van der Waals surface area contributed by atoms with E-state index in [1.807, 2.05) is 78.9 Å². The molecule has 1 amide bonds. The normalized spacial score (nSPS) is 20.7. The van der Waals surface area contributed by atoms with Gasteiger partial charge in [0.1, 0.15) is 5.84 Å². The number of carbonyl (C=O) groups is 1. The van der Waals surface area contributed by atoms with Crippen molar-refractivity contribution in [3.05, 3.63) is 107 Å². The Morgan fingerprint density at radius 2 is 1.55 bits per heavy atom. The fourth-order valence-electron chi connectivity index (χ4n) is 3.83. The van der Waals surface area contributed by atoms with Gasteiger partial charge >= 0.3 is 0 Å². The molecule has 2 heterocycles. The van der Waals surface area contributed by atoms with Crippen LogP contribution in [0.25, 0.3) is 0 Å². The highest BCUT2D eigenvalue weighted by Gasteiger charge is 2.44. The van der Waals surface area contributed by atoms with E-state index in [9.17, 15) is 4.79 Å². The van der Waals surface area contributed by atoms with Crippen molar-refractivity contribution in [2.75, 3.05) is 5.32 Å². The fraction of sp³-hybridized carbons (Fsp3) is 0.0833. The van der Waals surface area contributed by atoms with Gasteiger partial charge in [0.15, 0.2) is 0 Å². The molecule has 5 heteroatoms. The van der Waals surface area contributed by atoms with Gasteiger partial charge in [-0.15, -0.1) is 0 Å². The van der Waals surface area contributed by atoms with Gasteiger partial charge in [-0.05, 0) is 23.3 Å². The third-order valence-electron chi connectivity index (χ3n) is 5.24. The van der Waals surface area contributed by atoms with Gasteiger partial charge in [-0.2, -0.15) is 0 Å². The lowest BCUT2D eigenvalue weighted by molar-refractivity contribution is -0.127. The Kier molecular flexibility index (Phi) is 4.45. The summed E-state index contributed by atoms with van der Waals surface area (Å²) in [6.07, 6.45) is 0. The van der Waals surface area contributed by atoms with E-state index in [0.29, 0.717) is 6.54 Å². The summed E-state index contributed by atoms with van der Waals surface area (Å²) in [4.78, 5) is 16.2. The van der Waals surface area contributed by atoms with Crippen LogP contribution in [0.5, 0.6) is 0 Å². The molecular formula is C24H19N3OS. The van der Waals surface area contributed by atoms with Gasteiger partial charge in [0, 0.05) is 10.5 Å². The number of hydrogen-bond acceptors (Lipinski definition) is 4. The summed E-state index contributed by atoms with van der Waals surface area (Å²) in [7, 11) is 0. The molecule has 0 saturated carbocycles. The zero-order chi connectivity index (χ0) is 19.8. The Morgan fingerprint density at radius 3 is 2.28 bits per heavy atom. The molecule has 0 aliphatic carbocycles. The second kappa shape index (κ2) is 7.26. The topological polar surface area (TPSA) is 56.2 Å². The first-order chi connectivity index (χ1) is 14.2. The molecule has 2 aliphatic rings. The van der Waals surface area contributed by atoms with Crippen LogP contribution in [-0.2, 0) is 11.3 Å². The Morgan fingerprint density at radius 1 is 0.897 bits per heavy atom. The molecule has 1 atom stereocenters. The molecule has 1 fully saturated rings. The SMILES string of the molecule is N=C1/C(=C2/Nc3ccccc3S2)[C@@H](c2ccccc2)C(=O)N1Cc1ccccc1. The maximum atomic E-state index is 13.5. The molecule has 0 unspecified atom stereocenters. The van der Waals surface area contributed by atoms with E-state index >= 15 is 0 Å². The Hall–Kier alpha value is -3.31. The van der Waals surface area contributed by atoms with Crippen LogP contribution >= 0.6 is 11.8 Å². The zero-order valence-electron chi connectivity index (χ0n) is 15.6. The molecule has 1 saturated heterocycles. The Labute approximate surface area is 173 Å². The van der Waals surface area contributed by atoms with Crippen molar-refractivity contribution in [3.8, 4) is 0 Å². The van der Waals surface area contributed by atoms with Crippen molar-refractivity contribution in [1.82, 2.24) is 4.90 Å². The number of likely N-dealkylation sites (tertiary alicyclic amines) is 1. The van der Waals surface area contributed by atoms with E-state index in [4.69, 9.17) is 5.41 Å². The fourth-order valence-corrected chi connectivity index (χ4v) is 4.91. The second-order valence-electron chi connectivity index (χ2n) is 7.07. The number of amidine groups is 1. The molecule has 0 bridgehead atoms. The van der Waals surface area contributed by atoms with Crippen LogP contribution in [-0.4, -0.2) is 16.6 Å². The molecule has 3 aromatic rings. The van der Waals surface area contributed by atoms with Crippen LogP contribution in [0.2, 0.25) is 0 Å². The predicted molar refractivity (Wildman–Crippen MR) is 117 cm³/mol. The number of thioether (sulfide) groups is 1. The number of rotatable bonds is 3. The molecule has 3 aromatic carbocycles. The van der Waals surface area contributed by atoms with Crippen LogP contribution in [0.1, 0.15) is 17.0 Å². The molecule has 0 aromatic heterocycles. The summed E-state index contributed by atoms with van der Waals surface area (Å²) in [5.74, 6) is -0.252. The summed E-state index contributed by atoms with van der Waals surface area (Å²) in [5, 5.41) is 13.2. The lowest BCUT2D eigenvalue weighted by Gasteiger charge is -2.16. The standard InChI is InChI=1S/C24H19N3OS/c25-22-21(23-26-18-13-7-8-14-19(18)29-23)20(17-11-5-2-6-12-17)24(28)27(22)15-16-9-3-1-4-10-16/h1-14,20,25-26H,15H2/b23-21-,25-22?/t20-/m1/s1. The lowest BCUT2D eigenvalue weighted by Crippen LogP contribution is -2.29. The van der Waals surface area contributed by atoms with Gasteiger partial charge < -0.3 is 5.32 Å². The summed E-state index contributed by atoms with van der Waals surface area (Å²) in [6, 6.07) is 27.7. The van der Waals surface area contributed by atoms with Crippen molar-refractivity contribution < 1.29 is 4.79 Å². The van der Waals surface area contributed by atoms with Crippen molar-refractivity contribution in [2.45, 2.75) is 17.4 Å². The second-order valence-corrected chi connectivity index (χ2v) is 8.12. The van der Waals surface area contributed by atoms with Crippen molar-refractivity contribution in [1.29, 1.82) is 5.41 Å². The van der Waals surface area contributed by atoms with Crippen molar-refractivity contribution in [3.63, 3.8) is 0 Å². The van der Waals surface area contributed by atoms with E-state index in [-0.39, 0.29) is 11.7 Å². The molecule has 0 spiro atoms. The number of nitrogens with one attached hydrogen (secondary N) is 2. The molecule has 29 heavy (non-hydrogen) atoms. The van der Waals surface area contributed by atoms with E-state index in [2.05, 4.69) is 11.4 Å². The van der Waals surface area contributed by atoms with Crippen LogP contribution < -0.4 is 5.32 Å². The number of nitrogens with zero attached hydrogens (tertiary/aromatic N) is 1. The maximum Gasteiger partial charge on any atom is 0.240 e. The third-order valence-corrected chi connectivity index (χ3v) is 6.34. The summed E-state index contributed by atoms with van der Waals surface area (Å²) >= 11 is 1.59. The zero-order valence-corrected chi connectivity index (χ0v) is 16.4. The number of carbonyl (C=O) groups excluding carboxylic acids is 1. The minimum atomic E-state index is -0.475. The van der Waals surface area contributed by atoms with Crippen LogP contribution in [0.4, 0.5) is 5.69 Å². The van der Waals surface area contributed by atoms with Gasteiger partial charge in [-0.3, -0.25) is 15.1 Å². The highest BCUT2D eigenvalue weighted by Crippen LogP contribution is 2.47. The lowest BCUT2D eigenvalue weighted by atomic mass is 9.93. The van der Waals surface area contributed by atoms with Crippen LogP contribution in [0.3, 0.4) is 0 Å². The molecule has 2 N–H and O–H groups in total. The Balaban J connectivity index is 1.59. The monoisotopic (exact) mass is 397 g/mol. The number of hydrogen-bond donors (Lipinski definition) is 2. The largest absolute Gasteiger partial charge is 0.349 e. The Bertz CT molecular complexity index is 1100. The number of para-hydroxylation sites is 1. The number of benzene rings is 3. The molecule has 4 nitrogen and oxygen atoms in total. The summed E-state index contributed by atoms with van der Waals surface area (Å²) < 4.78 is 0. The van der Waals surface area contributed by atoms with Gasteiger partial charge in [0.2, 0.25) is 5.91 Å². The van der Waals surface area contributed by atoms with E-state index in [0.717, 1.165) is 32.3 Å². The molecular weight excluding hydrogens is 378 g/mol. The highest BCUT2D eigenvalue weighted by molar-refractivity contribution is 8.03. The summed E-state index contributed by atoms with van der Waals surface area (Å²) in [6.45, 7) is 0.399. The number of amides is 1. The first-order valence-electron chi connectivity index (χ1n) is 9.49. The van der Waals surface area contributed by atoms with Crippen LogP contribution in [0.15, 0.2) is 100 Å². The average molecular weight is 398 g/mol. The number of anilines is 1. The molecule has 142 valence electrons. The minimum Gasteiger partial charge on any atom is -0.349 e. The molecule has 0 radical (unpaired) electrons. The predicted octanol–water partition coefficient (Wildman–Crippen LogP) is 5.22. The van der Waals surface area contributed by atoms with Gasteiger partial charge in [-0.25, -0.2) is 0 Å². The van der Waals surface area contributed by atoms with Crippen molar-refractivity contribution in [2.24, 2.45) is 0 Å². The minimum absolute atomic E-state index is 0.0501. The average Bonchev–Trinajstić information content (AvgIpc) is 3.29. The van der Waals surface area contributed by atoms with E-state index in [1.54, 1.807) is 16.7 Å². The smallest absolute Gasteiger partial charge is 0.240 e. The van der Waals surface area contributed by atoms with Gasteiger partial charge in [-0.1, -0.05) is 84.6 Å². The van der Waals surface area contributed by atoms with Gasteiger partial charge in [0.25, 0.3) is 0 Å². The van der Waals surface area contributed by atoms with E-state index in [1.165, 1.54) is 0 Å². The molecule has 5 rings (SSSR count). The summed E-state index contributed by atoms with van der Waals surface area (Å²) in [5.41, 5.74) is 3.70. The van der Waals surface area contributed by atoms with Crippen molar-refractivity contribution >= 4 is 29.2 Å². The highest BCUT2D eigenvalue weighted by atomic mass is 32.2.